The van der Waals surface area contributed by atoms with Crippen molar-refractivity contribution in [1.29, 1.82) is 0 Å². The molecule has 0 saturated carbocycles. The number of fused-ring (bicyclic) bond motifs is 1. The number of ether oxygens (including phenoxy) is 1. The molecule has 1 aromatic carbocycles. The minimum atomic E-state index is -0.113. The molecule has 1 N–H and O–H groups in total. The van der Waals surface area contributed by atoms with Crippen LogP contribution in [0.1, 0.15) is 45.7 Å². The fraction of sp³-hybridized carbons (Fsp3) is 0.667. The normalized spacial score (nSPS) is 21.0. The average molecular weight is 290 g/mol. The highest BCUT2D eigenvalue weighted by Gasteiger charge is 2.34. The van der Waals surface area contributed by atoms with Crippen LogP contribution in [0.4, 0.5) is 0 Å². The molecule has 3 heteroatoms. The highest BCUT2D eigenvalue weighted by molar-refractivity contribution is 5.38. The van der Waals surface area contributed by atoms with Crippen LogP contribution in [0.2, 0.25) is 0 Å². The fourth-order valence-corrected chi connectivity index (χ4v) is 3.30. The van der Waals surface area contributed by atoms with Gasteiger partial charge in [-0.15, -0.1) is 0 Å². The van der Waals surface area contributed by atoms with E-state index < -0.39 is 0 Å². The molecule has 0 fully saturated rings. The van der Waals surface area contributed by atoms with Crippen LogP contribution in [-0.4, -0.2) is 37.7 Å². The van der Waals surface area contributed by atoms with Crippen LogP contribution in [0.3, 0.4) is 0 Å². The number of hydrogen-bond acceptors (Lipinski definition) is 3. The van der Waals surface area contributed by atoms with Gasteiger partial charge >= 0.3 is 0 Å². The van der Waals surface area contributed by atoms with E-state index in [1.165, 1.54) is 5.56 Å². The van der Waals surface area contributed by atoms with Gasteiger partial charge in [0.1, 0.15) is 11.4 Å². The summed E-state index contributed by atoms with van der Waals surface area (Å²) in [5.74, 6) is 1.02. The van der Waals surface area contributed by atoms with Gasteiger partial charge in [-0.05, 0) is 39.4 Å². The third-order valence-corrected chi connectivity index (χ3v) is 3.95. The average Bonchev–Trinajstić information content (AvgIpc) is 2.33. The van der Waals surface area contributed by atoms with Crippen molar-refractivity contribution in [1.82, 2.24) is 10.2 Å². The molecule has 0 aliphatic carbocycles. The smallest absolute Gasteiger partial charge is 0.124 e. The number of rotatable bonds is 5. The Morgan fingerprint density at radius 3 is 2.62 bits per heavy atom. The van der Waals surface area contributed by atoms with Crippen molar-refractivity contribution in [3.05, 3.63) is 29.8 Å². The molecule has 0 aromatic heterocycles. The van der Waals surface area contributed by atoms with E-state index >= 15 is 0 Å². The number of para-hydroxylation sites is 1. The Labute approximate surface area is 129 Å². The zero-order valence-corrected chi connectivity index (χ0v) is 14.4. The van der Waals surface area contributed by atoms with Gasteiger partial charge in [-0.1, -0.05) is 32.0 Å². The van der Waals surface area contributed by atoms with Crippen molar-refractivity contribution in [3.63, 3.8) is 0 Å². The lowest BCUT2D eigenvalue weighted by molar-refractivity contribution is 0.0631. The molecule has 0 radical (unpaired) electrons. The Morgan fingerprint density at radius 1 is 1.29 bits per heavy atom. The van der Waals surface area contributed by atoms with Crippen LogP contribution in [0.15, 0.2) is 24.3 Å². The van der Waals surface area contributed by atoms with Crippen LogP contribution >= 0.6 is 0 Å². The summed E-state index contributed by atoms with van der Waals surface area (Å²) < 4.78 is 6.10. The molecule has 0 bridgehead atoms. The van der Waals surface area contributed by atoms with Crippen LogP contribution in [-0.2, 0) is 0 Å². The first kappa shape index (κ1) is 16.3. The summed E-state index contributed by atoms with van der Waals surface area (Å²) >= 11 is 0. The summed E-state index contributed by atoms with van der Waals surface area (Å²) in [7, 11) is 4.27. The quantitative estimate of drug-likeness (QED) is 0.898. The van der Waals surface area contributed by atoms with Gasteiger partial charge in [-0.2, -0.15) is 0 Å². The Hall–Kier alpha value is -1.06. The molecule has 0 spiro atoms. The molecule has 3 nitrogen and oxygen atoms in total. The predicted molar refractivity (Wildman–Crippen MR) is 88.8 cm³/mol. The van der Waals surface area contributed by atoms with Gasteiger partial charge in [-0.25, -0.2) is 0 Å². The van der Waals surface area contributed by atoms with Gasteiger partial charge in [0.2, 0.25) is 0 Å². The molecular weight excluding hydrogens is 260 g/mol. The highest BCUT2D eigenvalue weighted by Crippen LogP contribution is 2.39. The van der Waals surface area contributed by atoms with Gasteiger partial charge in [-0.3, -0.25) is 0 Å². The van der Waals surface area contributed by atoms with Gasteiger partial charge in [0.15, 0.2) is 0 Å². The molecule has 1 heterocycles. The Kier molecular flexibility index (Phi) is 4.64. The Bertz CT molecular complexity index is 480. The van der Waals surface area contributed by atoms with E-state index in [0.717, 1.165) is 25.3 Å². The van der Waals surface area contributed by atoms with E-state index in [-0.39, 0.29) is 11.0 Å². The zero-order chi connectivity index (χ0) is 15.7. The molecule has 118 valence electrons. The molecule has 21 heavy (non-hydrogen) atoms. The van der Waals surface area contributed by atoms with Crippen molar-refractivity contribution in [2.24, 2.45) is 5.41 Å². The van der Waals surface area contributed by atoms with E-state index in [9.17, 15) is 0 Å². The monoisotopic (exact) mass is 290 g/mol. The second kappa shape index (κ2) is 5.98. The second-order valence-electron chi connectivity index (χ2n) is 7.94. The van der Waals surface area contributed by atoms with Crippen molar-refractivity contribution < 1.29 is 4.74 Å². The second-order valence-corrected chi connectivity index (χ2v) is 7.94. The maximum absolute atomic E-state index is 6.10. The van der Waals surface area contributed by atoms with E-state index in [4.69, 9.17) is 4.74 Å². The number of benzene rings is 1. The Morgan fingerprint density at radius 2 is 1.95 bits per heavy atom. The molecule has 1 atom stereocenters. The lowest BCUT2D eigenvalue weighted by Gasteiger charge is -2.39. The molecule has 2 rings (SSSR count). The van der Waals surface area contributed by atoms with E-state index in [1.807, 2.05) is 6.07 Å². The molecule has 1 unspecified atom stereocenters. The van der Waals surface area contributed by atoms with Crippen LogP contribution in [0.5, 0.6) is 5.75 Å². The summed E-state index contributed by atoms with van der Waals surface area (Å²) in [5.41, 5.74) is 1.43. The number of hydrogen-bond donors (Lipinski definition) is 1. The van der Waals surface area contributed by atoms with Crippen molar-refractivity contribution in [3.8, 4) is 5.75 Å². The molecule has 1 aliphatic heterocycles. The standard InChI is InChI=1S/C18H30N2O/c1-17(2,13-20(5)6)12-19-15-11-18(3,4)21-16-10-8-7-9-14(15)16/h7-10,15,19H,11-13H2,1-6H3. The van der Waals surface area contributed by atoms with Gasteiger partial charge in [0.05, 0.1) is 0 Å². The predicted octanol–water partition coefficient (Wildman–Crippen LogP) is 3.47. The third-order valence-electron chi connectivity index (χ3n) is 3.95. The molecule has 0 saturated heterocycles. The maximum Gasteiger partial charge on any atom is 0.124 e. The molecule has 1 aliphatic rings. The molecular formula is C18H30N2O. The lowest BCUT2D eigenvalue weighted by Crippen LogP contribution is -2.43. The van der Waals surface area contributed by atoms with E-state index in [0.29, 0.717) is 6.04 Å². The first-order valence-electron chi connectivity index (χ1n) is 7.85. The third kappa shape index (κ3) is 4.45. The number of nitrogens with zero attached hydrogens (tertiary/aromatic N) is 1. The summed E-state index contributed by atoms with van der Waals surface area (Å²) in [4.78, 5) is 2.25. The van der Waals surface area contributed by atoms with Crippen LogP contribution in [0, 0.1) is 5.41 Å². The summed E-state index contributed by atoms with van der Waals surface area (Å²) in [6.07, 6.45) is 1.00. The Balaban J connectivity index is 2.09. The summed E-state index contributed by atoms with van der Waals surface area (Å²) in [6.45, 7) is 11.0. The van der Waals surface area contributed by atoms with Crippen LogP contribution in [0.25, 0.3) is 0 Å². The SMILES string of the molecule is CN(C)CC(C)(C)CNC1CC(C)(C)Oc2ccccc21. The van der Waals surface area contributed by atoms with Crippen molar-refractivity contribution in [2.75, 3.05) is 27.2 Å². The highest BCUT2D eigenvalue weighted by atomic mass is 16.5. The van der Waals surface area contributed by atoms with Gasteiger partial charge < -0.3 is 15.0 Å². The zero-order valence-electron chi connectivity index (χ0n) is 14.4. The fourth-order valence-electron chi connectivity index (χ4n) is 3.30. The van der Waals surface area contributed by atoms with Crippen LogP contribution < -0.4 is 10.1 Å². The van der Waals surface area contributed by atoms with E-state index in [2.05, 4.69) is 70.2 Å². The minimum absolute atomic E-state index is 0.113. The largest absolute Gasteiger partial charge is 0.487 e. The summed E-state index contributed by atoms with van der Waals surface area (Å²) in [6, 6.07) is 8.77. The van der Waals surface area contributed by atoms with Crippen molar-refractivity contribution >= 4 is 0 Å². The molecule has 0 amide bonds. The van der Waals surface area contributed by atoms with E-state index in [1.54, 1.807) is 0 Å². The molecule has 1 aromatic rings. The number of nitrogens with one attached hydrogen (secondary N) is 1. The minimum Gasteiger partial charge on any atom is -0.487 e. The van der Waals surface area contributed by atoms with Gasteiger partial charge in [0, 0.05) is 31.1 Å². The summed E-state index contributed by atoms with van der Waals surface area (Å²) in [5, 5.41) is 3.77. The first-order chi connectivity index (χ1) is 9.69. The lowest BCUT2D eigenvalue weighted by atomic mass is 9.87. The topological polar surface area (TPSA) is 24.5 Å². The maximum atomic E-state index is 6.10. The first-order valence-corrected chi connectivity index (χ1v) is 7.85. The van der Waals surface area contributed by atoms with Crippen molar-refractivity contribution in [2.45, 2.75) is 45.8 Å². The van der Waals surface area contributed by atoms with Gasteiger partial charge in [0.25, 0.3) is 0 Å².